The highest BCUT2D eigenvalue weighted by Gasteiger charge is 2.20. The van der Waals surface area contributed by atoms with Crippen LogP contribution in [0.5, 0.6) is 0 Å². The number of likely N-dealkylation sites (N-methyl/N-ethyl adjacent to an activating group) is 1. The molecule has 0 atom stereocenters. The van der Waals surface area contributed by atoms with Crippen molar-refractivity contribution in [3.63, 3.8) is 0 Å². The Morgan fingerprint density at radius 2 is 2.06 bits per heavy atom. The molecule has 0 amide bonds. The summed E-state index contributed by atoms with van der Waals surface area (Å²) in [6.45, 7) is 5.96. The number of thiazole rings is 1. The number of nitrogens with two attached hydrogens (primary N) is 1. The van der Waals surface area contributed by atoms with E-state index in [1.165, 1.54) is 11.3 Å². The van der Waals surface area contributed by atoms with E-state index in [1.54, 1.807) is 0 Å². The maximum atomic E-state index is 11.6. The number of rotatable bonds is 3. The fraction of sp³-hybridized carbons (Fsp3) is 0.636. The number of aromatic nitrogens is 1. The number of Topliss-reactive ketones (excluding diaryl/α,β-unsaturated/α-hetero) is 1. The summed E-state index contributed by atoms with van der Waals surface area (Å²) < 4.78 is 0. The van der Waals surface area contributed by atoms with Gasteiger partial charge in [-0.25, -0.2) is 4.98 Å². The first-order valence-electron chi connectivity index (χ1n) is 5.76. The number of ketones is 1. The normalized spacial score (nSPS) is 17.5. The third kappa shape index (κ3) is 2.65. The van der Waals surface area contributed by atoms with Gasteiger partial charge in [0.15, 0.2) is 10.9 Å². The standard InChI is InChI=1S/C11H18N4OS/c1-8-10(9(16)7-12)17-11(13-8)15-5-3-14(2)4-6-15/h3-7,12H2,1-2H3. The number of nitrogens with zero attached hydrogens (tertiary/aromatic N) is 3. The first-order chi connectivity index (χ1) is 8.11. The Balaban J connectivity index is 2.14. The lowest BCUT2D eigenvalue weighted by atomic mass is 10.3. The molecule has 94 valence electrons. The Bertz CT molecular complexity index is 410. The predicted molar refractivity (Wildman–Crippen MR) is 69.9 cm³/mol. The summed E-state index contributed by atoms with van der Waals surface area (Å²) in [5, 5.41) is 0.951. The van der Waals surface area contributed by atoms with Crippen molar-refractivity contribution in [3.05, 3.63) is 10.6 Å². The van der Waals surface area contributed by atoms with E-state index in [4.69, 9.17) is 5.73 Å². The van der Waals surface area contributed by atoms with Gasteiger partial charge in [-0.3, -0.25) is 4.79 Å². The van der Waals surface area contributed by atoms with Gasteiger partial charge >= 0.3 is 0 Å². The van der Waals surface area contributed by atoms with Crippen LogP contribution in [-0.4, -0.2) is 55.4 Å². The number of carbonyl (C=O) groups is 1. The fourth-order valence-electron chi connectivity index (χ4n) is 1.87. The topological polar surface area (TPSA) is 62.5 Å². The van der Waals surface area contributed by atoms with Crippen LogP contribution in [0, 0.1) is 6.92 Å². The van der Waals surface area contributed by atoms with Crippen molar-refractivity contribution < 1.29 is 4.79 Å². The van der Waals surface area contributed by atoms with Crippen molar-refractivity contribution in [1.29, 1.82) is 0 Å². The zero-order valence-corrected chi connectivity index (χ0v) is 11.1. The van der Waals surface area contributed by atoms with E-state index in [1.807, 2.05) is 6.92 Å². The summed E-state index contributed by atoms with van der Waals surface area (Å²) in [5.41, 5.74) is 6.19. The Morgan fingerprint density at radius 1 is 1.41 bits per heavy atom. The van der Waals surface area contributed by atoms with Crippen molar-refractivity contribution in [2.45, 2.75) is 6.92 Å². The first-order valence-corrected chi connectivity index (χ1v) is 6.57. The van der Waals surface area contributed by atoms with Crippen LogP contribution in [0.15, 0.2) is 0 Å². The molecule has 1 aliphatic rings. The number of anilines is 1. The molecule has 6 heteroatoms. The maximum absolute atomic E-state index is 11.6. The van der Waals surface area contributed by atoms with E-state index in [-0.39, 0.29) is 12.3 Å². The zero-order chi connectivity index (χ0) is 12.4. The summed E-state index contributed by atoms with van der Waals surface area (Å²) >= 11 is 1.47. The summed E-state index contributed by atoms with van der Waals surface area (Å²) in [7, 11) is 2.12. The van der Waals surface area contributed by atoms with Gasteiger partial charge in [-0.2, -0.15) is 0 Å². The average molecular weight is 254 g/mol. The van der Waals surface area contributed by atoms with Crippen LogP contribution in [0.25, 0.3) is 0 Å². The van der Waals surface area contributed by atoms with Crippen LogP contribution in [0.3, 0.4) is 0 Å². The maximum Gasteiger partial charge on any atom is 0.188 e. The van der Waals surface area contributed by atoms with Gasteiger partial charge in [-0.05, 0) is 14.0 Å². The molecule has 0 bridgehead atoms. The zero-order valence-electron chi connectivity index (χ0n) is 10.3. The third-order valence-corrected chi connectivity index (χ3v) is 4.26. The molecule has 5 nitrogen and oxygen atoms in total. The van der Waals surface area contributed by atoms with Gasteiger partial charge in [0.2, 0.25) is 0 Å². The van der Waals surface area contributed by atoms with Gasteiger partial charge in [0.1, 0.15) is 0 Å². The smallest absolute Gasteiger partial charge is 0.188 e. The minimum absolute atomic E-state index is 0.0135. The van der Waals surface area contributed by atoms with E-state index in [0.29, 0.717) is 4.88 Å². The summed E-state index contributed by atoms with van der Waals surface area (Å²) in [6, 6.07) is 0. The van der Waals surface area contributed by atoms with Crippen molar-refractivity contribution in [3.8, 4) is 0 Å². The molecular weight excluding hydrogens is 236 g/mol. The highest BCUT2D eigenvalue weighted by molar-refractivity contribution is 7.17. The molecule has 0 aromatic carbocycles. The lowest BCUT2D eigenvalue weighted by Crippen LogP contribution is -2.44. The predicted octanol–water partition coefficient (Wildman–Crippen LogP) is 0.345. The van der Waals surface area contributed by atoms with Crippen molar-refractivity contribution in [2.24, 2.45) is 5.73 Å². The summed E-state index contributed by atoms with van der Waals surface area (Å²) in [5.74, 6) is -0.0135. The quantitative estimate of drug-likeness (QED) is 0.788. The van der Waals surface area contributed by atoms with Gasteiger partial charge in [0.05, 0.1) is 17.1 Å². The molecule has 1 fully saturated rings. The molecular formula is C11H18N4OS. The van der Waals surface area contributed by atoms with Crippen LogP contribution in [0.4, 0.5) is 5.13 Å². The third-order valence-electron chi connectivity index (χ3n) is 3.00. The van der Waals surface area contributed by atoms with E-state index in [2.05, 4.69) is 21.8 Å². The average Bonchev–Trinajstić information content (AvgIpc) is 2.71. The fourth-order valence-corrected chi connectivity index (χ4v) is 2.93. The van der Waals surface area contributed by atoms with Crippen LogP contribution < -0.4 is 10.6 Å². The number of carbonyl (C=O) groups excluding carboxylic acids is 1. The SMILES string of the molecule is Cc1nc(N2CCN(C)CC2)sc1C(=O)CN. The van der Waals surface area contributed by atoms with E-state index in [9.17, 15) is 4.79 Å². The molecule has 2 N–H and O–H groups in total. The molecule has 1 aromatic heterocycles. The summed E-state index contributed by atoms with van der Waals surface area (Å²) in [6.07, 6.45) is 0. The Labute approximate surface area is 105 Å². The van der Waals surface area contributed by atoms with E-state index < -0.39 is 0 Å². The second-order valence-electron chi connectivity index (χ2n) is 4.33. The second-order valence-corrected chi connectivity index (χ2v) is 5.31. The van der Waals surface area contributed by atoms with Crippen LogP contribution in [0.2, 0.25) is 0 Å². The number of hydrogen-bond acceptors (Lipinski definition) is 6. The molecule has 1 aliphatic heterocycles. The summed E-state index contributed by atoms with van der Waals surface area (Å²) in [4.78, 5) is 21.3. The van der Waals surface area contributed by atoms with E-state index in [0.717, 1.165) is 37.0 Å². The van der Waals surface area contributed by atoms with E-state index >= 15 is 0 Å². The minimum atomic E-state index is -0.0135. The Hall–Kier alpha value is -0.980. The van der Waals surface area contributed by atoms with Gasteiger partial charge in [-0.15, -0.1) is 0 Å². The Kier molecular flexibility index (Phi) is 3.76. The number of aryl methyl sites for hydroxylation is 1. The highest BCUT2D eigenvalue weighted by Crippen LogP contribution is 2.26. The largest absolute Gasteiger partial charge is 0.346 e. The van der Waals surface area contributed by atoms with Crippen molar-refractivity contribution >= 4 is 22.3 Å². The molecule has 0 radical (unpaired) electrons. The van der Waals surface area contributed by atoms with Gasteiger partial charge in [0, 0.05) is 26.2 Å². The van der Waals surface area contributed by atoms with Gasteiger partial charge < -0.3 is 15.5 Å². The highest BCUT2D eigenvalue weighted by atomic mass is 32.1. The molecule has 0 aliphatic carbocycles. The molecule has 0 saturated carbocycles. The van der Waals surface area contributed by atoms with Crippen molar-refractivity contribution in [2.75, 3.05) is 44.7 Å². The van der Waals surface area contributed by atoms with Crippen LogP contribution in [0.1, 0.15) is 15.4 Å². The second kappa shape index (κ2) is 5.12. The van der Waals surface area contributed by atoms with Gasteiger partial charge in [0.25, 0.3) is 0 Å². The molecule has 17 heavy (non-hydrogen) atoms. The number of hydrogen-bond donors (Lipinski definition) is 1. The molecule has 2 heterocycles. The monoisotopic (exact) mass is 254 g/mol. The Morgan fingerprint density at radius 3 is 2.65 bits per heavy atom. The van der Waals surface area contributed by atoms with Crippen LogP contribution >= 0.6 is 11.3 Å². The minimum Gasteiger partial charge on any atom is -0.346 e. The molecule has 0 unspecified atom stereocenters. The lowest BCUT2D eigenvalue weighted by molar-refractivity contribution is 0.100. The first kappa shape index (κ1) is 12.5. The molecule has 0 spiro atoms. The molecule has 1 aromatic rings. The molecule has 1 saturated heterocycles. The lowest BCUT2D eigenvalue weighted by Gasteiger charge is -2.32. The van der Waals surface area contributed by atoms with Crippen LogP contribution in [-0.2, 0) is 0 Å². The van der Waals surface area contributed by atoms with Crippen molar-refractivity contribution in [1.82, 2.24) is 9.88 Å². The molecule has 2 rings (SSSR count). The number of piperazine rings is 1. The van der Waals surface area contributed by atoms with Gasteiger partial charge in [-0.1, -0.05) is 11.3 Å².